The number of likely N-dealkylation sites (N-methyl/N-ethyl adjacent to an activating group) is 2. The van der Waals surface area contributed by atoms with Gasteiger partial charge in [-0.05, 0) is 39.3 Å². The molecule has 2 fully saturated rings. The molecule has 18 heavy (non-hydrogen) atoms. The Hall–Kier alpha value is -0.200. The van der Waals surface area contributed by atoms with Gasteiger partial charge in [0.05, 0.1) is 6.61 Å². The molecule has 0 aliphatic carbocycles. The molecule has 5 heteroatoms. The van der Waals surface area contributed by atoms with Crippen molar-refractivity contribution in [2.75, 3.05) is 46.9 Å². The molecule has 2 saturated heterocycles. The van der Waals surface area contributed by atoms with Crippen LogP contribution in [0.15, 0.2) is 0 Å². The van der Waals surface area contributed by atoms with Crippen LogP contribution in [0, 0.1) is 5.92 Å². The standard InChI is InChI=1S/C13H28N4O/c1-16-5-6-17(2)12(9-16)8-13(15-14)11-4-3-7-18-10-11/h11-13,15H,3-10,14H2,1-2H3. The second kappa shape index (κ2) is 6.82. The van der Waals surface area contributed by atoms with Crippen LogP contribution < -0.4 is 11.3 Å². The van der Waals surface area contributed by atoms with Crippen molar-refractivity contribution >= 4 is 0 Å². The van der Waals surface area contributed by atoms with Crippen LogP contribution in [0.3, 0.4) is 0 Å². The number of nitrogens with zero attached hydrogens (tertiary/aromatic N) is 2. The van der Waals surface area contributed by atoms with Gasteiger partial charge in [-0.2, -0.15) is 0 Å². The van der Waals surface area contributed by atoms with Gasteiger partial charge in [0.2, 0.25) is 0 Å². The fraction of sp³-hybridized carbons (Fsp3) is 1.00. The number of hydrazine groups is 1. The molecule has 5 nitrogen and oxygen atoms in total. The Balaban J connectivity index is 1.87. The van der Waals surface area contributed by atoms with Gasteiger partial charge in [0.1, 0.15) is 0 Å². The molecule has 3 unspecified atom stereocenters. The normalized spacial score (nSPS) is 33.5. The number of hydrogen-bond acceptors (Lipinski definition) is 5. The summed E-state index contributed by atoms with van der Waals surface area (Å²) in [5, 5.41) is 0. The second-order valence-corrected chi connectivity index (χ2v) is 5.88. The summed E-state index contributed by atoms with van der Waals surface area (Å²) in [4.78, 5) is 4.88. The monoisotopic (exact) mass is 256 g/mol. The van der Waals surface area contributed by atoms with Crippen LogP contribution in [-0.4, -0.2) is 68.8 Å². The van der Waals surface area contributed by atoms with Crippen LogP contribution in [0.4, 0.5) is 0 Å². The molecule has 2 aliphatic rings. The molecule has 0 aromatic carbocycles. The number of hydrogen-bond donors (Lipinski definition) is 2. The molecule has 0 radical (unpaired) electrons. The summed E-state index contributed by atoms with van der Waals surface area (Å²) in [6.45, 7) is 5.24. The Morgan fingerprint density at radius 3 is 2.89 bits per heavy atom. The van der Waals surface area contributed by atoms with E-state index in [0.717, 1.165) is 32.7 Å². The Bertz CT molecular complexity index is 245. The second-order valence-electron chi connectivity index (χ2n) is 5.88. The van der Waals surface area contributed by atoms with Crippen molar-refractivity contribution < 1.29 is 4.74 Å². The van der Waals surface area contributed by atoms with Crippen molar-refractivity contribution in [2.24, 2.45) is 11.8 Å². The molecule has 2 aliphatic heterocycles. The Morgan fingerprint density at radius 2 is 2.22 bits per heavy atom. The lowest BCUT2D eigenvalue weighted by molar-refractivity contribution is 0.0267. The van der Waals surface area contributed by atoms with E-state index in [2.05, 4.69) is 29.3 Å². The smallest absolute Gasteiger partial charge is 0.0509 e. The molecule has 3 N–H and O–H groups in total. The molecule has 0 bridgehead atoms. The molecule has 0 saturated carbocycles. The van der Waals surface area contributed by atoms with E-state index in [1.807, 2.05) is 0 Å². The molecule has 0 aromatic heterocycles. The third-order valence-corrected chi connectivity index (χ3v) is 4.48. The van der Waals surface area contributed by atoms with Gasteiger partial charge in [-0.15, -0.1) is 0 Å². The Kier molecular flexibility index (Phi) is 5.38. The van der Waals surface area contributed by atoms with E-state index in [-0.39, 0.29) is 0 Å². The van der Waals surface area contributed by atoms with Gasteiger partial charge in [0.25, 0.3) is 0 Å². The van der Waals surface area contributed by atoms with Crippen LogP contribution in [0.25, 0.3) is 0 Å². The quantitative estimate of drug-likeness (QED) is 0.542. The summed E-state index contributed by atoms with van der Waals surface area (Å²) in [5.41, 5.74) is 3.03. The number of nitrogens with two attached hydrogens (primary N) is 1. The fourth-order valence-electron chi connectivity index (χ4n) is 3.13. The maximum Gasteiger partial charge on any atom is 0.0509 e. The molecular weight excluding hydrogens is 228 g/mol. The lowest BCUT2D eigenvalue weighted by Crippen LogP contribution is -2.54. The molecule has 2 heterocycles. The van der Waals surface area contributed by atoms with Crippen LogP contribution in [-0.2, 0) is 4.74 Å². The van der Waals surface area contributed by atoms with Crippen molar-refractivity contribution in [3.8, 4) is 0 Å². The predicted octanol–water partition coefficient (Wildman–Crippen LogP) is -0.119. The zero-order valence-electron chi connectivity index (χ0n) is 11.8. The van der Waals surface area contributed by atoms with Gasteiger partial charge in [0.15, 0.2) is 0 Å². The summed E-state index contributed by atoms with van der Waals surface area (Å²) in [7, 11) is 4.43. The Morgan fingerprint density at radius 1 is 1.39 bits per heavy atom. The van der Waals surface area contributed by atoms with Gasteiger partial charge in [-0.3, -0.25) is 11.3 Å². The van der Waals surface area contributed by atoms with E-state index in [1.54, 1.807) is 0 Å². The minimum Gasteiger partial charge on any atom is -0.381 e. The zero-order valence-corrected chi connectivity index (χ0v) is 11.8. The third-order valence-electron chi connectivity index (χ3n) is 4.48. The summed E-state index contributed by atoms with van der Waals surface area (Å²) in [5.74, 6) is 6.34. The first-order valence-electron chi connectivity index (χ1n) is 7.13. The average molecular weight is 256 g/mol. The first kappa shape index (κ1) is 14.2. The van der Waals surface area contributed by atoms with E-state index in [9.17, 15) is 0 Å². The molecule has 0 aromatic rings. The van der Waals surface area contributed by atoms with Crippen molar-refractivity contribution in [3.63, 3.8) is 0 Å². The average Bonchev–Trinajstić information content (AvgIpc) is 2.41. The summed E-state index contributed by atoms with van der Waals surface area (Å²) < 4.78 is 5.58. The molecule has 0 amide bonds. The largest absolute Gasteiger partial charge is 0.381 e. The topological polar surface area (TPSA) is 53.8 Å². The van der Waals surface area contributed by atoms with Gasteiger partial charge < -0.3 is 14.5 Å². The van der Waals surface area contributed by atoms with Crippen LogP contribution in [0.2, 0.25) is 0 Å². The minimum atomic E-state index is 0.379. The highest BCUT2D eigenvalue weighted by atomic mass is 16.5. The first-order valence-corrected chi connectivity index (χ1v) is 7.13. The maximum absolute atomic E-state index is 5.76. The van der Waals surface area contributed by atoms with E-state index in [4.69, 9.17) is 10.6 Å². The van der Waals surface area contributed by atoms with Gasteiger partial charge in [-0.1, -0.05) is 0 Å². The maximum atomic E-state index is 5.76. The summed E-state index contributed by atoms with van der Waals surface area (Å²) in [6.07, 6.45) is 3.52. The van der Waals surface area contributed by atoms with E-state index in [0.29, 0.717) is 18.0 Å². The molecular formula is C13H28N4O. The first-order chi connectivity index (χ1) is 8.70. The van der Waals surface area contributed by atoms with E-state index in [1.165, 1.54) is 19.4 Å². The third kappa shape index (κ3) is 3.65. The van der Waals surface area contributed by atoms with Gasteiger partial charge >= 0.3 is 0 Å². The predicted molar refractivity (Wildman–Crippen MR) is 73.2 cm³/mol. The molecule has 2 rings (SSSR count). The van der Waals surface area contributed by atoms with E-state index < -0.39 is 0 Å². The number of nitrogens with one attached hydrogen (secondary N) is 1. The van der Waals surface area contributed by atoms with Gasteiger partial charge in [0, 0.05) is 38.3 Å². The van der Waals surface area contributed by atoms with Gasteiger partial charge in [-0.25, -0.2) is 0 Å². The van der Waals surface area contributed by atoms with E-state index >= 15 is 0 Å². The number of ether oxygens (including phenoxy) is 1. The lowest BCUT2D eigenvalue weighted by atomic mass is 9.89. The fourth-order valence-corrected chi connectivity index (χ4v) is 3.13. The number of piperazine rings is 1. The van der Waals surface area contributed by atoms with Crippen LogP contribution >= 0.6 is 0 Å². The van der Waals surface area contributed by atoms with Crippen molar-refractivity contribution in [1.29, 1.82) is 0 Å². The SMILES string of the molecule is CN1CCN(C)C(CC(NN)C2CCCOC2)C1. The minimum absolute atomic E-state index is 0.379. The number of rotatable bonds is 4. The highest BCUT2D eigenvalue weighted by molar-refractivity contribution is 4.86. The molecule has 106 valence electrons. The van der Waals surface area contributed by atoms with Crippen LogP contribution in [0.1, 0.15) is 19.3 Å². The lowest BCUT2D eigenvalue weighted by Gasteiger charge is -2.41. The highest BCUT2D eigenvalue weighted by Crippen LogP contribution is 2.22. The summed E-state index contributed by atoms with van der Waals surface area (Å²) in [6, 6.07) is 0.982. The highest BCUT2D eigenvalue weighted by Gasteiger charge is 2.29. The van der Waals surface area contributed by atoms with Crippen molar-refractivity contribution in [2.45, 2.75) is 31.3 Å². The summed E-state index contributed by atoms with van der Waals surface area (Å²) >= 11 is 0. The Labute approximate surface area is 111 Å². The molecule has 0 spiro atoms. The van der Waals surface area contributed by atoms with Crippen LogP contribution in [0.5, 0.6) is 0 Å². The van der Waals surface area contributed by atoms with Crippen molar-refractivity contribution in [3.05, 3.63) is 0 Å². The van der Waals surface area contributed by atoms with Crippen molar-refractivity contribution in [1.82, 2.24) is 15.2 Å². The molecule has 3 atom stereocenters. The zero-order chi connectivity index (χ0) is 13.0.